The van der Waals surface area contributed by atoms with Crippen molar-refractivity contribution in [1.29, 1.82) is 0 Å². The minimum absolute atomic E-state index is 0.341. The predicted molar refractivity (Wildman–Crippen MR) is 204 cm³/mol. The van der Waals surface area contributed by atoms with Gasteiger partial charge >= 0.3 is 0 Å². The van der Waals surface area contributed by atoms with Gasteiger partial charge in [0.15, 0.2) is 12.4 Å². The lowest BCUT2D eigenvalue weighted by molar-refractivity contribution is -0.302. The number of aliphatic hydroxyl groups is 6. The molecule has 0 aromatic carbocycles. The van der Waals surface area contributed by atoms with Crippen molar-refractivity contribution in [2.75, 3.05) is 13.2 Å². The maximum atomic E-state index is 12.9. The highest BCUT2D eigenvalue weighted by Gasteiger charge is 2.44. The molecule has 7 N–H and O–H groups in total. The van der Waals surface area contributed by atoms with Crippen LogP contribution >= 0.6 is 0 Å². The minimum Gasteiger partial charge on any atom is -0.394 e. The summed E-state index contributed by atoms with van der Waals surface area (Å²) in [6.45, 7) is 5.65. The monoisotopic (exact) mass is 726 g/mol. The highest BCUT2D eigenvalue weighted by Crippen LogP contribution is 2.22. The van der Waals surface area contributed by atoms with Gasteiger partial charge in [-0.15, -0.1) is 0 Å². The molecule has 0 saturated carbocycles. The topological polar surface area (TPSA) is 169 Å². The SMILES string of the molecule is CCCCCCCCCCCC/C=C/[C@@H](O)C(=O)N[C@@H](CO[C@@H]1O[C@H](CO)[C@@H](O)[C@H](O)[C@H]1O)[C@H](O)/C=C/CC/C=C(\C)CCCCCCCCC. The molecule has 0 unspecified atom stereocenters. The molecule has 1 saturated heterocycles. The second-order valence-corrected chi connectivity index (χ2v) is 14.4. The Kier molecular flexibility index (Phi) is 28.6. The van der Waals surface area contributed by atoms with Crippen LogP contribution in [0.1, 0.15) is 156 Å². The Hall–Kier alpha value is -1.63. The lowest BCUT2D eigenvalue weighted by Gasteiger charge is -2.40. The first-order valence-corrected chi connectivity index (χ1v) is 20.2. The van der Waals surface area contributed by atoms with E-state index in [1.807, 2.05) is 6.08 Å². The number of carbonyl (C=O) groups is 1. The molecule has 0 bridgehead atoms. The van der Waals surface area contributed by atoms with E-state index in [1.165, 1.54) is 108 Å². The van der Waals surface area contributed by atoms with Crippen LogP contribution in [-0.2, 0) is 14.3 Å². The molecule has 0 aromatic rings. The van der Waals surface area contributed by atoms with Crippen molar-refractivity contribution >= 4 is 5.91 Å². The fraction of sp³-hybridized carbons (Fsp3) is 0.829. The Bertz CT molecular complexity index is 940. The van der Waals surface area contributed by atoms with E-state index in [0.29, 0.717) is 6.42 Å². The number of hydrogen-bond acceptors (Lipinski definition) is 9. The summed E-state index contributed by atoms with van der Waals surface area (Å²) >= 11 is 0. The molecule has 10 heteroatoms. The van der Waals surface area contributed by atoms with Gasteiger partial charge in [0.05, 0.1) is 25.4 Å². The van der Waals surface area contributed by atoms with Gasteiger partial charge in [0, 0.05) is 0 Å². The lowest BCUT2D eigenvalue weighted by atomic mass is 9.99. The second kappa shape index (κ2) is 30.8. The molecule has 1 aliphatic heterocycles. The van der Waals surface area contributed by atoms with Gasteiger partial charge in [0.25, 0.3) is 5.91 Å². The fourth-order valence-electron chi connectivity index (χ4n) is 6.22. The molecule has 1 amide bonds. The Labute approximate surface area is 309 Å². The average molecular weight is 726 g/mol. The molecule has 51 heavy (non-hydrogen) atoms. The average Bonchev–Trinajstić information content (AvgIpc) is 3.12. The van der Waals surface area contributed by atoms with E-state index >= 15 is 0 Å². The number of allylic oxidation sites excluding steroid dienone is 4. The van der Waals surface area contributed by atoms with Crippen molar-refractivity contribution in [3.63, 3.8) is 0 Å². The minimum atomic E-state index is -1.62. The predicted octanol–water partition coefficient (Wildman–Crippen LogP) is 6.30. The Balaban J connectivity index is 2.63. The zero-order chi connectivity index (χ0) is 37.7. The Morgan fingerprint density at radius 3 is 1.86 bits per heavy atom. The van der Waals surface area contributed by atoms with Gasteiger partial charge in [-0.25, -0.2) is 0 Å². The molecule has 1 fully saturated rings. The molecule has 298 valence electrons. The quantitative estimate of drug-likeness (QED) is 0.0320. The van der Waals surface area contributed by atoms with Crippen LogP contribution in [0.4, 0.5) is 0 Å². The summed E-state index contributed by atoms with van der Waals surface area (Å²) in [5, 5.41) is 64.3. The number of carbonyl (C=O) groups excluding carboxylic acids is 1. The van der Waals surface area contributed by atoms with Gasteiger partial charge in [0.2, 0.25) is 0 Å². The van der Waals surface area contributed by atoms with E-state index in [-0.39, 0.29) is 6.61 Å². The zero-order valence-corrected chi connectivity index (χ0v) is 32.2. The summed E-state index contributed by atoms with van der Waals surface area (Å²) in [7, 11) is 0. The third kappa shape index (κ3) is 22.2. The van der Waals surface area contributed by atoms with Gasteiger partial charge in [-0.05, 0) is 45.4 Å². The van der Waals surface area contributed by atoms with E-state index in [4.69, 9.17) is 9.47 Å². The maximum absolute atomic E-state index is 12.9. The van der Waals surface area contributed by atoms with Gasteiger partial charge in [-0.3, -0.25) is 4.79 Å². The summed E-state index contributed by atoms with van der Waals surface area (Å²) < 4.78 is 11.1. The molecular weight excluding hydrogens is 650 g/mol. The van der Waals surface area contributed by atoms with Gasteiger partial charge in [-0.2, -0.15) is 0 Å². The van der Waals surface area contributed by atoms with Crippen LogP contribution < -0.4 is 5.32 Å². The summed E-state index contributed by atoms with van der Waals surface area (Å²) in [5.74, 6) is -0.715. The smallest absolute Gasteiger partial charge is 0.253 e. The molecular formula is C41H75NO9. The largest absolute Gasteiger partial charge is 0.394 e. The normalized spacial score (nSPS) is 23.2. The third-order valence-corrected chi connectivity index (χ3v) is 9.67. The van der Waals surface area contributed by atoms with E-state index in [0.717, 1.165) is 32.1 Å². The van der Waals surface area contributed by atoms with Crippen LogP contribution in [0.15, 0.2) is 36.0 Å². The number of hydrogen-bond donors (Lipinski definition) is 7. The van der Waals surface area contributed by atoms with Crippen LogP contribution in [0.3, 0.4) is 0 Å². The molecule has 0 radical (unpaired) electrons. The Morgan fingerprint density at radius 2 is 1.27 bits per heavy atom. The van der Waals surface area contributed by atoms with Crippen molar-refractivity contribution in [2.24, 2.45) is 0 Å². The molecule has 1 rings (SSSR count). The number of nitrogens with one attached hydrogen (secondary N) is 1. The number of unbranched alkanes of at least 4 members (excludes halogenated alkanes) is 17. The first kappa shape index (κ1) is 47.4. The summed E-state index contributed by atoms with van der Waals surface area (Å²) in [5.41, 5.74) is 1.35. The highest BCUT2D eigenvalue weighted by atomic mass is 16.7. The van der Waals surface area contributed by atoms with Crippen LogP contribution in [0.5, 0.6) is 0 Å². The van der Waals surface area contributed by atoms with Crippen molar-refractivity contribution in [3.05, 3.63) is 36.0 Å². The Morgan fingerprint density at radius 1 is 0.725 bits per heavy atom. The fourth-order valence-corrected chi connectivity index (χ4v) is 6.22. The van der Waals surface area contributed by atoms with Gasteiger partial charge in [0.1, 0.15) is 24.4 Å². The summed E-state index contributed by atoms with van der Waals surface area (Å²) in [6, 6.07) is -1.03. The van der Waals surface area contributed by atoms with Crippen LogP contribution in [0, 0.1) is 0 Å². The van der Waals surface area contributed by atoms with E-state index in [1.54, 1.807) is 12.2 Å². The van der Waals surface area contributed by atoms with E-state index in [2.05, 4.69) is 32.2 Å². The number of aliphatic hydroxyl groups excluding tert-OH is 6. The number of rotatable bonds is 31. The van der Waals surface area contributed by atoms with Crippen LogP contribution in [0.25, 0.3) is 0 Å². The standard InChI is InChI=1S/C41H75NO9/c1-4-6-8-10-12-13-14-15-16-18-20-24-29-35(45)40(49)42-33(31-50-41-39(48)38(47)37(46)36(30-43)51-41)34(44)28-25-21-23-27-32(3)26-22-19-17-11-9-7-5-2/h24-25,27-29,33-39,41,43-48H,4-23,26,30-31H2,1-3H3,(H,42,49)/b28-25+,29-24+,32-27+/t33-,34+,35+,36+,37+,38-,39+,41+/m0/s1. The molecule has 1 heterocycles. The second-order valence-electron chi connectivity index (χ2n) is 14.4. The summed E-state index contributed by atoms with van der Waals surface area (Å²) in [6.07, 6.45) is 23.5. The molecule has 0 aliphatic carbocycles. The van der Waals surface area contributed by atoms with E-state index in [9.17, 15) is 35.4 Å². The molecule has 1 aliphatic rings. The van der Waals surface area contributed by atoms with E-state index < -0.39 is 61.5 Å². The van der Waals surface area contributed by atoms with Crippen molar-refractivity contribution in [1.82, 2.24) is 5.32 Å². The highest BCUT2D eigenvalue weighted by molar-refractivity contribution is 5.82. The lowest BCUT2D eigenvalue weighted by Crippen LogP contribution is -2.60. The molecule has 0 aromatic heterocycles. The van der Waals surface area contributed by atoms with Crippen molar-refractivity contribution in [2.45, 2.75) is 205 Å². The molecule has 8 atom stereocenters. The van der Waals surface area contributed by atoms with Crippen LogP contribution in [0.2, 0.25) is 0 Å². The molecule has 0 spiro atoms. The number of ether oxygens (including phenoxy) is 2. The maximum Gasteiger partial charge on any atom is 0.253 e. The van der Waals surface area contributed by atoms with Crippen molar-refractivity contribution < 1.29 is 44.9 Å². The van der Waals surface area contributed by atoms with Crippen LogP contribution in [-0.4, -0.2) is 98.7 Å². The van der Waals surface area contributed by atoms with Crippen molar-refractivity contribution in [3.8, 4) is 0 Å². The third-order valence-electron chi connectivity index (χ3n) is 9.67. The summed E-state index contributed by atoms with van der Waals surface area (Å²) in [4.78, 5) is 12.9. The van der Waals surface area contributed by atoms with Gasteiger partial charge < -0.3 is 45.4 Å². The number of amides is 1. The molecule has 10 nitrogen and oxygen atoms in total. The van der Waals surface area contributed by atoms with Gasteiger partial charge in [-0.1, -0.05) is 146 Å². The first-order chi connectivity index (χ1) is 24.7. The first-order valence-electron chi connectivity index (χ1n) is 20.2. The zero-order valence-electron chi connectivity index (χ0n) is 32.2.